The first-order valence-electron chi connectivity index (χ1n) is 6.98. The van der Waals surface area contributed by atoms with Crippen LogP contribution in [0.3, 0.4) is 0 Å². The fourth-order valence-electron chi connectivity index (χ4n) is 2.05. The summed E-state index contributed by atoms with van der Waals surface area (Å²) in [5, 5.41) is 4.51. The zero-order chi connectivity index (χ0) is 17.5. The summed E-state index contributed by atoms with van der Waals surface area (Å²) >= 11 is 5.79. The Balaban J connectivity index is 2.17. The van der Waals surface area contributed by atoms with E-state index in [1.54, 1.807) is 36.4 Å². The molecule has 0 aliphatic rings. The average Bonchev–Trinajstić information content (AvgIpc) is 2.61. The summed E-state index contributed by atoms with van der Waals surface area (Å²) < 4.78 is 15.9. The monoisotopic (exact) mass is 348 g/mol. The summed E-state index contributed by atoms with van der Waals surface area (Å²) in [4.78, 5) is 12.0. The van der Waals surface area contributed by atoms with Gasteiger partial charge < -0.3 is 14.2 Å². The Morgan fingerprint density at radius 1 is 1.00 bits per heavy atom. The SMILES string of the molecule is COc1ccc(C=NNC(=O)c2ccc(Cl)cc2)c(OC)c1OC. The molecule has 1 amide bonds. The maximum absolute atomic E-state index is 12.0. The molecule has 0 radical (unpaired) electrons. The molecule has 2 aromatic rings. The molecule has 7 heteroatoms. The molecule has 1 N–H and O–H groups in total. The number of halogens is 1. The number of ether oxygens (including phenoxy) is 3. The first-order chi connectivity index (χ1) is 11.6. The van der Waals surface area contributed by atoms with Gasteiger partial charge >= 0.3 is 0 Å². The molecule has 0 aliphatic carbocycles. The molecule has 2 aromatic carbocycles. The first-order valence-corrected chi connectivity index (χ1v) is 7.36. The topological polar surface area (TPSA) is 69.2 Å². The Labute approximate surface area is 145 Å². The van der Waals surface area contributed by atoms with E-state index in [4.69, 9.17) is 25.8 Å². The van der Waals surface area contributed by atoms with Crippen molar-refractivity contribution in [2.45, 2.75) is 0 Å². The van der Waals surface area contributed by atoms with Crippen LogP contribution in [0.5, 0.6) is 17.2 Å². The van der Waals surface area contributed by atoms with Crippen LogP contribution in [0.4, 0.5) is 0 Å². The molecule has 0 spiro atoms. The minimum absolute atomic E-state index is 0.345. The van der Waals surface area contributed by atoms with Crippen LogP contribution in [0.25, 0.3) is 0 Å². The summed E-state index contributed by atoms with van der Waals surface area (Å²) in [6, 6.07) is 9.98. The number of hydrogen-bond donors (Lipinski definition) is 1. The van der Waals surface area contributed by atoms with E-state index in [9.17, 15) is 4.79 Å². The van der Waals surface area contributed by atoms with Crippen molar-refractivity contribution in [3.63, 3.8) is 0 Å². The summed E-state index contributed by atoms with van der Waals surface area (Å²) in [7, 11) is 4.57. The number of nitrogens with one attached hydrogen (secondary N) is 1. The first kappa shape index (κ1) is 17.6. The fourth-order valence-corrected chi connectivity index (χ4v) is 2.18. The second kappa shape index (κ2) is 8.21. The highest BCUT2D eigenvalue weighted by Crippen LogP contribution is 2.38. The lowest BCUT2D eigenvalue weighted by molar-refractivity contribution is 0.0955. The molecule has 24 heavy (non-hydrogen) atoms. The third-order valence-electron chi connectivity index (χ3n) is 3.21. The molecule has 0 bridgehead atoms. The predicted octanol–water partition coefficient (Wildman–Crippen LogP) is 3.13. The number of hydrogen-bond acceptors (Lipinski definition) is 5. The van der Waals surface area contributed by atoms with E-state index in [1.807, 2.05) is 0 Å². The average molecular weight is 349 g/mol. The van der Waals surface area contributed by atoms with Crippen molar-refractivity contribution in [1.82, 2.24) is 5.43 Å². The van der Waals surface area contributed by atoms with Crippen molar-refractivity contribution in [1.29, 1.82) is 0 Å². The maximum Gasteiger partial charge on any atom is 0.271 e. The Kier molecular flexibility index (Phi) is 6.03. The molecule has 6 nitrogen and oxygen atoms in total. The minimum atomic E-state index is -0.345. The maximum atomic E-state index is 12.0. The van der Waals surface area contributed by atoms with Gasteiger partial charge in [-0.15, -0.1) is 0 Å². The van der Waals surface area contributed by atoms with Gasteiger partial charge in [0.1, 0.15) is 0 Å². The van der Waals surface area contributed by atoms with Crippen LogP contribution in [0.1, 0.15) is 15.9 Å². The zero-order valence-electron chi connectivity index (χ0n) is 13.5. The van der Waals surface area contributed by atoms with Gasteiger partial charge in [0.25, 0.3) is 5.91 Å². The molecule has 126 valence electrons. The molecule has 0 saturated carbocycles. The fraction of sp³-hybridized carbons (Fsp3) is 0.176. The molecule has 0 aliphatic heterocycles. The van der Waals surface area contributed by atoms with Gasteiger partial charge in [-0.1, -0.05) is 11.6 Å². The van der Waals surface area contributed by atoms with Crippen LogP contribution in [-0.4, -0.2) is 33.5 Å². The summed E-state index contributed by atoms with van der Waals surface area (Å²) in [6.07, 6.45) is 1.47. The lowest BCUT2D eigenvalue weighted by atomic mass is 10.2. The van der Waals surface area contributed by atoms with Gasteiger partial charge in [-0.05, 0) is 36.4 Å². The highest BCUT2D eigenvalue weighted by Gasteiger charge is 2.14. The van der Waals surface area contributed by atoms with Crippen LogP contribution >= 0.6 is 11.6 Å². The van der Waals surface area contributed by atoms with Crippen molar-refractivity contribution in [2.24, 2.45) is 5.10 Å². The Hall–Kier alpha value is -2.73. The largest absolute Gasteiger partial charge is 0.493 e. The summed E-state index contributed by atoms with van der Waals surface area (Å²) in [6.45, 7) is 0. The van der Waals surface area contributed by atoms with Crippen molar-refractivity contribution >= 4 is 23.7 Å². The predicted molar refractivity (Wildman–Crippen MR) is 92.6 cm³/mol. The normalized spacial score (nSPS) is 10.5. The van der Waals surface area contributed by atoms with E-state index < -0.39 is 0 Å². The molecule has 0 unspecified atom stereocenters. The number of carbonyl (C=O) groups excluding carboxylic acids is 1. The van der Waals surface area contributed by atoms with Gasteiger partial charge in [0.15, 0.2) is 11.5 Å². The molecule has 0 fully saturated rings. The van der Waals surface area contributed by atoms with Crippen molar-refractivity contribution in [3.05, 3.63) is 52.5 Å². The second-order valence-corrected chi connectivity index (χ2v) is 5.07. The molecule has 2 rings (SSSR count). The van der Waals surface area contributed by atoms with Gasteiger partial charge in [0.2, 0.25) is 5.75 Å². The van der Waals surface area contributed by atoms with Crippen LogP contribution in [-0.2, 0) is 0 Å². The Bertz CT molecular complexity index is 745. The van der Waals surface area contributed by atoms with Crippen LogP contribution < -0.4 is 19.6 Å². The van der Waals surface area contributed by atoms with Crippen molar-refractivity contribution in [3.8, 4) is 17.2 Å². The van der Waals surface area contributed by atoms with Gasteiger partial charge in [0.05, 0.1) is 27.5 Å². The van der Waals surface area contributed by atoms with Crippen LogP contribution in [0.15, 0.2) is 41.5 Å². The van der Waals surface area contributed by atoms with E-state index in [0.717, 1.165) is 0 Å². The molecule has 0 saturated heterocycles. The number of benzene rings is 2. The second-order valence-electron chi connectivity index (χ2n) is 4.63. The molecule has 0 atom stereocenters. The van der Waals surface area contributed by atoms with E-state index in [-0.39, 0.29) is 5.91 Å². The van der Waals surface area contributed by atoms with E-state index in [0.29, 0.717) is 33.4 Å². The van der Waals surface area contributed by atoms with E-state index in [2.05, 4.69) is 10.5 Å². The smallest absolute Gasteiger partial charge is 0.271 e. The van der Waals surface area contributed by atoms with Gasteiger partial charge in [0, 0.05) is 16.1 Å². The van der Waals surface area contributed by atoms with Gasteiger partial charge in [-0.3, -0.25) is 4.79 Å². The Morgan fingerprint density at radius 3 is 2.25 bits per heavy atom. The zero-order valence-corrected chi connectivity index (χ0v) is 14.3. The van der Waals surface area contributed by atoms with Crippen molar-refractivity contribution in [2.75, 3.05) is 21.3 Å². The number of carbonyl (C=O) groups is 1. The number of amides is 1. The highest BCUT2D eigenvalue weighted by atomic mass is 35.5. The number of nitrogens with zero attached hydrogens (tertiary/aromatic N) is 1. The van der Waals surface area contributed by atoms with Gasteiger partial charge in [-0.2, -0.15) is 5.10 Å². The highest BCUT2D eigenvalue weighted by molar-refractivity contribution is 6.30. The van der Waals surface area contributed by atoms with Crippen LogP contribution in [0, 0.1) is 0 Å². The number of methoxy groups -OCH3 is 3. The summed E-state index contributed by atoms with van der Waals surface area (Å²) in [5.41, 5.74) is 3.53. The lowest BCUT2D eigenvalue weighted by Crippen LogP contribution is -2.17. The number of rotatable bonds is 6. The minimum Gasteiger partial charge on any atom is -0.493 e. The third-order valence-corrected chi connectivity index (χ3v) is 3.46. The number of hydrazone groups is 1. The van der Waals surface area contributed by atoms with Gasteiger partial charge in [-0.25, -0.2) is 5.43 Å². The van der Waals surface area contributed by atoms with Crippen LogP contribution in [0.2, 0.25) is 5.02 Å². The van der Waals surface area contributed by atoms with E-state index in [1.165, 1.54) is 27.5 Å². The third kappa shape index (κ3) is 3.97. The van der Waals surface area contributed by atoms with Crippen molar-refractivity contribution < 1.29 is 19.0 Å². The standard InChI is InChI=1S/C17H17ClN2O4/c1-22-14-9-6-12(15(23-2)16(14)24-3)10-19-20-17(21)11-4-7-13(18)8-5-11/h4-10H,1-3H3,(H,20,21). The van der Waals surface area contributed by atoms with E-state index >= 15 is 0 Å². The molecule has 0 aromatic heterocycles. The molecule has 0 heterocycles. The quantitative estimate of drug-likeness (QED) is 0.643. The molecular weight excluding hydrogens is 332 g/mol. The lowest BCUT2D eigenvalue weighted by Gasteiger charge is -2.13. The molecular formula is C17H17ClN2O4. The summed E-state index contributed by atoms with van der Waals surface area (Å²) in [5.74, 6) is 1.10. The Morgan fingerprint density at radius 2 is 1.67 bits per heavy atom.